The molecule has 0 fully saturated rings. The third-order valence-electron chi connectivity index (χ3n) is 4.68. The highest BCUT2D eigenvalue weighted by Crippen LogP contribution is 2.32. The van der Waals surface area contributed by atoms with Gasteiger partial charge in [0.1, 0.15) is 5.75 Å². The zero-order valence-corrected chi connectivity index (χ0v) is 20.1. The van der Waals surface area contributed by atoms with Crippen LogP contribution in [0.5, 0.6) is 5.75 Å². The van der Waals surface area contributed by atoms with Crippen LogP contribution in [0.4, 0.5) is 5.13 Å². The van der Waals surface area contributed by atoms with E-state index >= 15 is 0 Å². The molecule has 0 saturated carbocycles. The molecular formula is C23H28BrN3O2S. The summed E-state index contributed by atoms with van der Waals surface area (Å²) >= 11 is 5.04. The summed E-state index contributed by atoms with van der Waals surface area (Å²) in [6.07, 6.45) is 3.32. The predicted molar refractivity (Wildman–Crippen MR) is 129 cm³/mol. The molecule has 0 radical (unpaired) electrons. The number of amides is 1. The van der Waals surface area contributed by atoms with E-state index in [9.17, 15) is 4.79 Å². The van der Waals surface area contributed by atoms with Gasteiger partial charge in [0.15, 0.2) is 5.13 Å². The molecule has 0 unspecified atom stereocenters. The topological polar surface area (TPSA) is 45.7 Å². The summed E-state index contributed by atoms with van der Waals surface area (Å²) in [6.45, 7) is 4.15. The number of hydrogen-bond donors (Lipinski definition) is 0. The highest BCUT2D eigenvalue weighted by atomic mass is 79.9. The lowest BCUT2D eigenvalue weighted by atomic mass is 10.2. The third-order valence-corrected chi connectivity index (χ3v) is 6.22. The van der Waals surface area contributed by atoms with Gasteiger partial charge < -0.3 is 9.64 Å². The van der Waals surface area contributed by atoms with Crippen LogP contribution in [0, 0.1) is 0 Å². The summed E-state index contributed by atoms with van der Waals surface area (Å²) in [5.41, 5.74) is 1.51. The summed E-state index contributed by atoms with van der Waals surface area (Å²) < 4.78 is 7.90. The molecule has 7 heteroatoms. The first-order valence-electron chi connectivity index (χ1n) is 10.2. The van der Waals surface area contributed by atoms with Crippen LogP contribution in [0.15, 0.2) is 46.9 Å². The summed E-state index contributed by atoms with van der Waals surface area (Å²) in [5, 5.41) is 0.712. The molecule has 0 spiro atoms. The van der Waals surface area contributed by atoms with Gasteiger partial charge in [-0.25, -0.2) is 4.98 Å². The summed E-state index contributed by atoms with van der Waals surface area (Å²) in [6, 6.07) is 13.4. The Kier molecular flexibility index (Phi) is 8.24. The molecule has 0 N–H and O–H groups in total. The first kappa shape index (κ1) is 22.7. The molecule has 160 valence electrons. The van der Waals surface area contributed by atoms with Gasteiger partial charge in [0, 0.05) is 23.1 Å². The number of hydrogen-bond acceptors (Lipinski definition) is 5. The number of ether oxygens (including phenoxy) is 1. The van der Waals surface area contributed by atoms with Crippen LogP contribution < -0.4 is 9.64 Å². The number of rotatable bonds is 10. The van der Waals surface area contributed by atoms with Crippen molar-refractivity contribution in [3.8, 4) is 5.75 Å². The molecule has 0 aliphatic heterocycles. The Bertz CT molecular complexity index is 989. The van der Waals surface area contributed by atoms with Crippen molar-refractivity contribution in [1.82, 2.24) is 9.88 Å². The number of benzene rings is 2. The summed E-state index contributed by atoms with van der Waals surface area (Å²) in [4.78, 5) is 22.0. The lowest BCUT2D eigenvalue weighted by Crippen LogP contribution is -2.36. The molecular weight excluding hydrogens is 462 g/mol. The Morgan fingerprint density at radius 1 is 1.13 bits per heavy atom. The highest BCUT2D eigenvalue weighted by Gasteiger charge is 2.22. The molecule has 30 heavy (non-hydrogen) atoms. The van der Waals surface area contributed by atoms with Crippen LogP contribution in [-0.2, 0) is 0 Å². The Labute approximate surface area is 190 Å². The molecule has 0 atom stereocenters. The van der Waals surface area contributed by atoms with Crippen molar-refractivity contribution in [2.45, 2.75) is 26.2 Å². The fourth-order valence-electron chi connectivity index (χ4n) is 3.00. The first-order valence-corrected chi connectivity index (χ1v) is 11.8. The second-order valence-electron chi connectivity index (χ2n) is 7.45. The molecule has 5 nitrogen and oxygen atoms in total. The van der Waals surface area contributed by atoms with Gasteiger partial charge >= 0.3 is 0 Å². The quantitative estimate of drug-likeness (QED) is 0.335. The number of likely N-dealkylation sites (N-methyl/N-ethyl adjacent to an activating group) is 1. The zero-order chi connectivity index (χ0) is 21.5. The van der Waals surface area contributed by atoms with E-state index in [2.05, 4.69) is 27.8 Å². The summed E-state index contributed by atoms with van der Waals surface area (Å²) in [7, 11) is 4.01. The Morgan fingerprint density at radius 3 is 2.73 bits per heavy atom. The highest BCUT2D eigenvalue weighted by molar-refractivity contribution is 9.10. The lowest BCUT2D eigenvalue weighted by Gasteiger charge is -2.22. The minimum Gasteiger partial charge on any atom is -0.494 e. The number of thiazole rings is 1. The van der Waals surface area contributed by atoms with E-state index in [1.54, 1.807) is 4.90 Å². The number of carbonyl (C=O) groups is 1. The van der Waals surface area contributed by atoms with Gasteiger partial charge in [-0.05, 0) is 56.9 Å². The molecule has 0 aliphatic rings. The van der Waals surface area contributed by atoms with E-state index in [-0.39, 0.29) is 5.91 Å². The maximum atomic E-state index is 13.4. The maximum absolute atomic E-state index is 13.4. The number of nitrogens with zero attached hydrogens (tertiary/aromatic N) is 3. The van der Waals surface area contributed by atoms with Gasteiger partial charge in [0.05, 0.1) is 16.8 Å². The molecule has 1 heterocycles. The van der Waals surface area contributed by atoms with Crippen molar-refractivity contribution in [2.75, 3.05) is 38.7 Å². The Hall–Kier alpha value is -1.96. The average molecular weight is 490 g/mol. The van der Waals surface area contributed by atoms with Crippen molar-refractivity contribution in [3.63, 3.8) is 0 Å². The van der Waals surface area contributed by atoms with E-state index in [4.69, 9.17) is 9.72 Å². The fraction of sp³-hybridized carbons (Fsp3) is 0.391. The smallest absolute Gasteiger partial charge is 0.260 e. The average Bonchev–Trinajstić information content (AvgIpc) is 3.14. The van der Waals surface area contributed by atoms with Crippen LogP contribution in [0.2, 0.25) is 0 Å². The zero-order valence-electron chi connectivity index (χ0n) is 17.7. The van der Waals surface area contributed by atoms with Gasteiger partial charge in [0.2, 0.25) is 0 Å². The van der Waals surface area contributed by atoms with E-state index in [0.717, 1.165) is 46.2 Å². The van der Waals surface area contributed by atoms with Gasteiger partial charge in [0.25, 0.3) is 5.91 Å². The Morgan fingerprint density at radius 2 is 1.97 bits per heavy atom. The van der Waals surface area contributed by atoms with Crippen LogP contribution in [-0.4, -0.2) is 49.6 Å². The number of aromatic nitrogens is 1. The second kappa shape index (κ2) is 10.9. The normalized spacial score (nSPS) is 11.2. The van der Waals surface area contributed by atoms with E-state index in [1.165, 1.54) is 11.3 Å². The van der Waals surface area contributed by atoms with Crippen molar-refractivity contribution in [3.05, 3.63) is 52.5 Å². The van der Waals surface area contributed by atoms with E-state index in [1.807, 2.05) is 56.6 Å². The molecule has 0 aliphatic carbocycles. The molecule has 3 aromatic rings. The fourth-order valence-corrected chi connectivity index (χ4v) is 4.54. The van der Waals surface area contributed by atoms with E-state index in [0.29, 0.717) is 23.8 Å². The number of halogens is 1. The standard InChI is InChI=1S/C23H28BrN3O2S/c1-4-5-6-14-29-19-9-7-8-17(15-19)22(28)27(13-12-26(2)3)23-25-20-11-10-18(24)16-21(20)30-23/h7-11,15-16H,4-6,12-14H2,1-3H3. The van der Waals surface area contributed by atoms with Crippen molar-refractivity contribution in [1.29, 1.82) is 0 Å². The second-order valence-corrected chi connectivity index (χ2v) is 9.38. The lowest BCUT2D eigenvalue weighted by molar-refractivity contribution is 0.0984. The van der Waals surface area contributed by atoms with Gasteiger partial charge in [-0.1, -0.05) is 53.1 Å². The molecule has 0 bridgehead atoms. The minimum absolute atomic E-state index is 0.0611. The monoisotopic (exact) mass is 489 g/mol. The molecule has 1 amide bonds. The van der Waals surface area contributed by atoms with Crippen LogP contribution in [0.3, 0.4) is 0 Å². The molecule has 0 saturated heterocycles. The molecule has 3 rings (SSSR count). The molecule has 1 aromatic heterocycles. The van der Waals surface area contributed by atoms with Crippen molar-refractivity contribution < 1.29 is 9.53 Å². The van der Waals surface area contributed by atoms with E-state index < -0.39 is 0 Å². The van der Waals surface area contributed by atoms with Gasteiger partial charge in [-0.15, -0.1) is 0 Å². The predicted octanol–water partition coefficient (Wildman–Crippen LogP) is 5.84. The number of unbranched alkanes of at least 4 members (excludes halogenated alkanes) is 2. The van der Waals surface area contributed by atoms with Crippen molar-refractivity contribution in [2.24, 2.45) is 0 Å². The van der Waals surface area contributed by atoms with Gasteiger partial charge in [-0.3, -0.25) is 9.69 Å². The SMILES string of the molecule is CCCCCOc1cccc(C(=O)N(CCN(C)C)c2nc3ccc(Br)cc3s2)c1. The van der Waals surface area contributed by atoms with Gasteiger partial charge in [-0.2, -0.15) is 0 Å². The first-order chi connectivity index (χ1) is 14.5. The summed E-state index contributed by atoms with van der Waals surface area (Å²) in [5.74, 6) is 0.673. The minimum atomic E-state index is -0.0611. The van der Waals surface area contributed by atoms with Crippen LogP contribution in [0.1, 0.15) is 36.5 Å². The largest absolute Gasteiger partial charge is 0.494 e. The number of fused-ring (bicyclic) bond motifs is 1. The number of anilines is 1. The van der Waals surface area contributed by atoms with Crippen LogP contribution in [0.25, 0.3) is 10.2 Å². The maximum Gasteiger partial charge on any atom is 0.260 e. The molecule has 2 aromatic carbocycles. The van der Waals surface area contributed by atoms with Crippen LogP contribution >= 0.6 is 27.3 Å². The number of carbonyl (C=O) groups excluding carboxylic acids is 1. The van der Waals surface area contributed by atoms with Crippen molar-refractivity contribution >= 4 is 48.5 Å². The third kappa shape index (κ3) is 6.03. The Balaban J connectivity index is 1.84.